The monoisotopic (exact) mass is 350 g/mol. The highest BCUT2D eigenvalue weighted by atomic mass is 16.7. The van der Waals surface area contributed by atoms with E-state index in [1.165, 1.54) is 7.11 Å². The van der Waals surface area contributed by atoms with Crippen LogP contribution in [0.4, 0.5) is 0 Å². The molecule has 1 aliphatic heterocycles. The zero-order valence-corrected chi connectivity index (χ0v) is 15.0. The summed E-state index contributed by atoms with van der Waals surface area (Å²) in [6.07, 6.45) is -2.42. The van der Waals surface area contributed by atoms with E-state index in [-0.39, 0.29) is 6.10 Å². The molecule has 144 valence electrons. The number of aliphatic hydroxyl groups excluding tert-OH is 2. The van der Waals surface area contributed by atoms with E-state index < -0.39 is 30.7 Å². The van der Waals surface area contributed by atoms with Gasteiger partial charge in [-0.15, -0.1) is 0 Å². The topological polar surface area (TPSA) is 115 Å². The van der Waals surface area contributed by atoms with Crippen LogP contribution in [0, 0.1) is 0 Å². The zero-order valence-electron chi connectivity index (χ0n) is 15.0. The molecular weight excluding hydrogens is 316 g/mol. The molecule has 1 heterocycles. The van der Waals surface area contributed by atoms with Crippen molar-refractivity contribution in [2.75, 3.05) is 40.0 Å². The molecule has 0 aromatic carbocycles. The highest BCUT2D eigenvalue weighted by Crippen LogP contribution is 2.24. The number of hydrogen-bond donors (Lipinski definition) is 4. The van der Waals surface area contributed by atoms with Crippen molar-refractivity contribution in [1.82, 2.24) is 5.32 Å². The fourth-order valence-electron chi connectivity index (χ4n) is 2.58. The first-order valence-electron chi connectivity index (χ1n) is 8.69. The van der Waals surface area contributed by atoms with Crippen molar-refractivity contribution < 1.29 is 29.2 Å². The Balaban J connectivity index is 2.37. The van der Waals surface area contributed by atoms with Crippen LogP contribution in [-0.2, 0) is 18.9 Å². The van der Waals surface area contributed by atoms with E-state index in [0.29, 0.717) is 26.3 Å². The van der Waals surface area contributed by atoms with Gasteiger partial charge in [-0.3, -0.25) is 0 Å². The third-order valence-electron chi connectivity index (χ3n) is 3.78. The molecule has 0 radical (unpaired) electrons. The van der Waals surface area contributed by atoms with E-state index in [9.17, 15) is 10.2 Å². The molecule has 1 rings (SSSR count). The molecule has 5 atom stereocenters. The number of aliphatic hydroxyl groups is 2. The Labute approximate surface area is 144 Å². The van der Waals surface area contributed by atoms with Crippen molar-refractivity contribution in [1.29, 1.82) is 0 Å². The molecular formula is C16H34N2O6. The number of methoxy groups -OCH3 is 1. The van der Waals surface area contributed by atoms with Gasteiger partial charge in [0.1, 0.15) is 24.4 Å². The Hall–Kier alpha value is -0.320. The number of ether oxygens (including phenoxy) is 4. The zero-order chi connectivity index (χ0) is 17.9. The van der Waals surface area contributed by atoms with Crippen LogP contribution in [0.25, 0.3) is 0 Å². The lowest BCUT2D eigenvalue weighted by molar-refractivity contribution is -0.299. The van der Waals surface area contributed by atoms with E-state index in [4.69, 9.17) is 24.7 Å². The second-order valence-electron chi connectivity index (χ2n) is 6.22. The summed E-state index contributed by atoms with van der Waals surface area (Å²) in [6, 6.07) is 0. The van der Waals surface area contributed by atoms with Gasteiger partial charge in [0, 0.05) is 26.9 Å². The highest BCUT2D eigenvalue weighted by Gasteiger charge is 2.45. The molecule has 8 heteroatoms. The standard InChI is InChI=1S/C16H34N2O6/c1-11(2)23-15-12(24-16(21-3)14(20)13(15)19)10-18-7-5-9-22-8-4-6-17/h11-16,18-20H,4-10,17H2,1-3H3. The number of nitrogens with two attached hydrogens (primary N) is 1. The van der Waals surface area contributed by atoms with Crippen LogP contribution in [0.1, 0.15) is 26.7 Å². The lowest BCUT2D eigenvalue weighted by atomic mass is 9.98. The van der Waals surface area contributed by atoms with Crippen LogP contribution in [-0.4, -0.2) is 87.0 Å². The summed E-state index contributed by atoms with van der Waals surface area (Å²) in [5.41, 5.74) is 5.40. The molecule has 1 fully saturated rings. The molecule has 0 aliphatic carbocycles. The molecule has 8 nitrogen and oxygen atoms in total. The van der Waals surface area contributed by atoms with Crippen LogP contribution in [0.15, 0.2) is 0 Å². The Morgan fingerprint density at radius 3 is 2.50 bits per heavy atom. The Morgan fingerprint density at radius 2 is 1.88 bits per heavy atom. The molecule has 1 aliphatic rings. The fourth-order valence-corrected chi connectivity index (χ4v) is 2.58. The third kappa shape index (κ3) is 7.28. The van der Waals surface area contributed by atoms with Crippen molar-refractivity contribution in [3.63, 3.8) is 0 Å². The predicted molar refractivity (Wildman–Crippen MR) is 89.7 cm³/mol. The first-order valence-corrected chi connectivity index (χ1v) is 8.69. The molecule has 0 aromatic rings. The molecule has 0 bridgehead atoms. The second kappa shape index (κ2) is 12.1. The molecule has 24 heavy (non-hydrogen) atoms. The lowest BCUT2D eigenvalue weighted by Gasteiger charge is -2.42. The third-order valence-corrected chi connectivity index (χ3v) is 3.78. The molecule has 5 N–H and O–H groups in total. The van der Waals surface area contributed by atoms with Gasteiger partial charge in [-0.25, -0.2) is 0 Å². The minimum Gasteiger partial charge on any atom is -0.387 e. The van der Waals surface area contributed by atoms with Gasteiger partial charge < -0.3 is 40.2 Å². The van der Waals surface area contributed by atoms with Gasteiger partial charge in [0.25, 0.3) is 0 Å². The van der Waals surface area contributed by atoms with Gasteiger partial charge in [-0.05, 0) is 39.8 Å². The largest absolute Gasteiger partial charge is 0.387 e. The molecule has 1 saturated heterocycles. The summed E-state index contributed by atoms with van der Waals surface area (Å²) in [4.78, 5) is 0. The molecule has 0 aromatic heterocycles. The predicted octanol–water partition coefficient (Wildman–Crippen LogP) is -0.782. The molecule has 0 saturated carbocycles. The lowest BCUT2D eigenvalue weighted by Crippen LogP contribution is -2.61. The van der Waals surface area contributed by atoms with Crippen molar-refractivity contribution in [3.05, 3.63) is 0 Å². The number of nitrogens with one attached hydrogen (secondary N) is 1. The first-order chi connectivity index (χ1) is 11.5. The fraction of sp³-hybridized carbons (Fsp3) is 1.00. The van der Waals surface area contributed by atoms with E-state index >= 15 is 0 Å². The van der Waals surface area contributed by atoms with Gasteiger partial charge in [-0.2, -0.15) is 0 Å². The van der Waals surface area contributed by atoms with Gasteiger partial charge in [0.2, 0.25) is 0 Å². The smallest absolute Gasteiger partial charge is 0.186 e. The van der Waals surface area contributed by atoms with Crippen molar-refractivity contribution in [2.24, 2.45) is 5.73 Å². The van der Waals surface area contributed by atoms with Gasteiger partial charge in [-0.1, -0.05) is 0 Å². The summed E-state index contributed by atoms with van der Waals surface area (Å²) in [7, 11) is 1.44. The van der Waals surface area contributed by atoms with Crippen LogP contribution in [0.3, 0.4) is 0 Å². The second-order valence-corrected chi connectivity index (χ2v) is 6.22. The molecule has 0 spiro atoms. The maximum absolute atomic E-state index is 10.3. The van der Waals surface area contributed by atoms with Gasteiger partial charge >= 0.3 is 0 Å². The SMILES string of the molecule is COC1OC(CNCCCOCCCN)C(OC(C)C)C(O)C1O. The maximum atomic E-state index is 10.3. The average molecular weight is 350 g/mol. The van der Waals surface area contributed by atoms with Crippen molar-refractivity contribution in [3.8, 4) is 0 Å². The van der Waals surface area contributed by atoms with E-state index in [2.05, 4.69) is 5.32 Å². The summed E-state index contributed by atoms with van der Waals surface area (Å²) in [5, 5.41) is 23.6. The minimum atomic E-state index is -1.13. The Kier molecular flexibility index (Phi) is 11.0. The van der Waals surface area contributed by atoms with Crippen LogP contribution >= 0.6 is 0 Å². The minimum absolute atomic E-state index is 0.0852. The summed E-state index contributed by atoms with van der Waals surface area (Å²) >= 11 is 0. The van der Waals surface area contributed by atoms with Crippen LogP contribution < -0.4 is 11.1 Å². The van der Waals surface area contributed by atoms with E-state index in [1.807, 2.05) is 13.8 Å². The molecule has 0 amide bonds. The number of rotatable bonds is 12. The van der Waals surface area contributed by atoms with Crippen LogP contribution in [0.2, 0.25) is 0 Å². The highest BCUT2D eigenvalue weighted by molar-refractivity contribution is 4.91. The summed E-state index contributed by atoms with van der Waals surface area (Å²) in [5.74, 6) is 0. The Bertz CT molecular complexity index is 321. The van der Waals surface area contributed by atoms with E-state index in [0.717, 1.165) is 19.4 Å². The quantitative estimate of drug-likeness (QED) is 0.339. The van der Waals surface area contributed by atoms with Gasteiger partial charge in [0.15, 0.2) is 6.29 Å². The molecule has 5 unspecified atom stereocenters. The van der Waals surface area contributed by atoms with Gasteiger partial charge in [0.05, 0.1) is 6.10 Å². The van der Waals surface area contributed by atoms with Crippen LogP contribution in [0.5, 0.6) is 0 Å². The van der Waals surface area contributed by atoms with Crippen molar-refractivity contribution >= 4 is 0 Å². The average Bonchev–Trinajstić information content (AvgIpc) is 2.55. The first kappa shape index (κ1) is 21.7. The summed E-state index contributed by atoms with van der Waals surface area (Å²) < 4.78 is 22.0. The Morgan fingerprint density at radius 1 is 1.17 bits per heavy atom. The van der Waals surface area contributed by atoms with E-state index in [1.54, 1.807) is 0 Å². The summed E-state index contributed by atoms with van der Waals surface area (Å²) in [6.45, 7) is 7.01. The number of hydrogen-bond acceptors (Lipinski definition) is 8. The van der Waals surface area contributed by atoms with Crippen molar-refractivity contribution in [2.45, 2.75) is 63.5 Å². The maximum Gasteiger partial charge on any atom is 0.186 e. The normalized spacial score (nSPS) is 30.9.